The molecule has 0 N–H and O–H groups in total. The molecule has 0 spiro atoms. The van der Waals surface area contributed by atoms with Crippen LogP contribution < -0.4 is 4.90 Å². The molecule has 1 heterocycles. The van der Waals surface area contributed by atoms with E-state index in [1.807, 2.05) is 0 Å². The summed E-state index contributed by atoms with van der Waals surface area (Å²) in [7, 11) is 0. The lowest BCUT2D eigenvalue weighted by Crippen LogP contribution is -2.14. The van der Waals surface area contributed by atoms with Crippen molar-refractivity contribution in [2.24, 2.45) is 0 Å². The fraction of sp³-hybridized carbons (Fsp3) is 0.276. The summed E-state index contributed by atoms with van der Waals surface area (Å²) in [6.07, 6.45) is 13.4. The average Bonchev–Trinajstić information content (AvgIpc) is 3.74. The van der Waals surface area contributed by atoms with Crippen molar-refractivity contribution in [2.75, 3.05) is 4.90 Å². The molecule has 7 aromatic carbocycles. The van der Waals surface area contributed by atoms with Gasteiger partial charge in [0.1, 0.15) is 0 Å². The molecule has 298 valence electrons. The average molecular weight is 781 g/mol. The summed E-state index contributed by atoms with van der Waals surface area (Å²) in [5.41, 5.74) is 19.5. The first kappa shape index (κ1) is 37.2. The number of aromatic nitrogens is 1. The molecule has 2 heteroatoms. The fourth-order valence-electron chi connectivity index (χ4n) is 11.3. The molecule has 0 radical (unpaired) electrons. The summed E-state index contributed by atoms with van der Waals surface area (Å²) in [6.45, 7) is 6.94. The maximum atomic E-state index is 2.50. The molecule has 0 aliphatic heterocycles. The molecule has 0 bridgehead atoms. The SMILES string of the molecule is Cc1ccc(-n2c3cc(-c4cccc(N(c5ccc(C6CCCCC6)cc5)c5ccc(C6CCCCC6)cc5)c4)ccc3c3cc4c(cc32)C(C)(C)c2ccccc2-4)cc1. The van der Waals surface area contributed by atoms with Crippen LogP contribution in [0.2, 0.25) is 0 Å². The molecule has 11 rings (SSSR count). The van der Waals surface area contributed by atoms with E-state index in [1.54, 1.807) is 0 Å². The topological polar surface area (TPSA) is 8.17 Å². The molecule has 0 saturated heterocycles. The first-order chi connectivity index (χ1) is 29.4. The van der Waals surface area contributed by atoms with Crippen LogP contribution in [0.25, 0.3) is 49.7 Å². The zero-order valence-corrected chi connectivity index (χ0v) is 35.6. The number of benzene rings is 7. The van der Waals surface area contributed by atoms with E-state index in [-0.39, 0.29) is 5.41 Å². The van der Waals surface area contributed by atoms with Crippen molar-refractivity contribution in [3.05, 3.63) is 179 Å². The summed E-state index contributed by atoms with van der Waals surface area (Å²) < 4.78 is 2.50. The Labute approximate surface area is 356 Å². The smallest absolute Gasteiger partial charge is 0.0547 e. The van der Waals surface area contributed by atoms with E-state index in [4.69, 9.17) is 0 Å². The fourth-order valence-corrected chi connectivity index (χ4v) is 11.3. The molecule has 2 fully saturated rings. The summed E-state index contributed by atoms with van der Waals surface area (Å²) in [4.78, 5) is 2.47. The van der Waals surface area contributed by atoms with Crippen LogP contribution in [0, 0.1) is 6.92 Å². The van der Waals surface area contributed by atoms with Crippen molar-refractivity contribution in [1.82, 2.24) is 4.57 Å². The lowest BCUT2D eigenvalue weighted by Gasteiger charge is -2.28. The van der Waals surface area contributed by atoms with Gasteiger partial charge in [-0.15, -0.1) is 0 Å². The Hall–Kier alpha value is -5.86. The minimum atomic E-state index is -0.0709. The second-order valence-electron chi connectivity index (χ2n) is 18.7. The largest absolute Gasteiger partial charge is 0.310 e. The Kier molecular flexibility index (Phi) is 9.29. The van der Waals surface area contributed by atoms with Gasteiger partial charge >= 0.3 is 0 Å². The Morgan fingerprint density at radius 1 is 0.467 bits per heavy atom. The van der Waals surface area contributed by atoms with Crippen LogP contribution in [0.3, 0.4) is 0 Å². The molecule has 2 nitrogen and oxygen atoms in total. The monoisotopic (exact) mass is 780 g/mol. The van der Waals surface area contributed by atoms with Gasteiger partial charge in [0.25, 0.3) is 0 Å². The molecule has 0 unspecified atom stereocenters. The Morgan fingerprint density at radius 2 is 1.07 bits per heavy atom. The predicted octanol–water partition coefficient (Wildman–Crippen LogP) is 16.6. The maximum Gasteiger partial charge on any atom is 0.0547 e. The van der Waals surface area contributed by atoms with Gasteiger partial charge in [-0.05, 0) is 156 Å². The first-order valence-electron chi connectivity index (χ1n) is 22.8. The third-order valence-corrected chi connectivity index (χ3v) is 14.7. The van der Waals surface area contributed by atoms with Crippen molar-refractivity contribution in [2.45, 2.75) is 102 Å². The van der Waals surface area contributed by atoms with E-state index in [1.165, 1.54) is 159 Å². The van der Waals surface area contributed by atoms with Gasteiger partial charge in [0.15, 0.2) is 0 Å². The molecule has 60 heavy (non-hydrogen) atoms. The molecule has 8 aromatic rings. The highest BCUT2D eigenvalue weighted by atomic mass is 15.1. The van der Waals surface area contributed by atoms with E-state index < -0.39 is 0 Å². The maximum absolute atomic E-state index is 2.50. The molecule has 3 aliphatic rings. The highest BCUT2D eigenvalue weighted by Crippen LogP contribution is 2.51. The van der Waals surface area contributed by atoms with Gasteiger partial charge in [0, 0.05) is 38.9 Å². The molecule has 2 saturated carbocycles. The molecule has 3 aliphatic carbocycles. The summed E-state index contributed by atoms with van der Waals surface area (Å²) >= 11 is 0. The van der Waals surface area contributed by atoms with Crippen molar-refractivity contribution in [3.8, 4) is 27.9 Å². The van der Waals surface area contributed by atoms with Crippen LogP contribution in [0.1, 0.15) is 118 Å². The van der Waals surface area contributed by atoms with Crippen molar-refractivity contribution >= 4 is 38.9 Å². The van der Waals surface area contributed by atoms with E-state index in [9.17, 15) is 0 Å². The molecule has 0 amide bonds. The number of hydrogen-bond acceptors (Lipinski definition) is 1. The Balaban J connectivity index is 1.03. The van der Waals surface area contributed by atoms with Gasteiger partial charge in [-0.2, -0.15) is 0 Å². The molecular formula is C58H56N2. The highest BCUT2D eigenvalue weighted by molar-refractivity contribution is 6.12. The van der Waals surface area contributed by atoms with Crippen molar-refractivity contribution in [3.63, 3.8) is 0 Å². The van der Waals surface area contributed by atoms with Gasteiger partial charge in [0.05, 0.1) is 11.0 Å². The van der Waals surface area contributed by atoms with Crippen LogP contribution in [0.5, 0.6) is 0 Å². The third kappa shape index (κ3) is 6.38. The van der Waals surface area contributed by atoms with E-state index in [0.29, 0.717) is 11.8 Å². The number of rotatable bonds is 7. The third-order valence-electron chi connectivity index (χ3n) is 14.7. The lowest BCUT2D eigenvalue weighted by molar-refractivity contribution is 0.443. The van der Waals surface area contributed by atoms with Crippen LogP contribution in [-0.4, -0.2) is 4.57 Å². The van der Waals surface area contributed by atoms with Crippen LogP contribution >= 0.6 is 0 Å². The number of aryl methyl sites for hydroxylation is 1. The van der Waals surface area contributed by atoms with Gasteiger partial charge in [-0.25, -0.2) is 0 Å². The number of hydrogen-bond donors (Lipinski definition) is 0. The van der Waals surface area contributed by atoms with Crippen molar-refractivity contribution in [1.29, 1.82) is 0 Å². The zero-order valence-electron chi connectivity index (χ0n) is 35.6. The summed E-state index contributed by atoms with van der Waals surface area (Å²) in [6, 6.07) is 58.5. The lowest BCUT2D eigenvalue weighted by atomic mass is 9.82. The van der Waals surface area contributed by atoms with E-state index >= 15 is 0 Å². The second-order valence-corrected chi connectivity index (χ2v) is 18.7. The van der Waals surface area contributed by atoms with Gasteiger partial charge in [-0.1, -0.05) is 143 Å². The van der Waals surface area contributed by atoms with Crippen LogP contribution in [-0.2, 0) is 5.41 Å². The van der Waals surface area contributed by atoms with Gasteiger partial charge in [0.2, 0.25) is 0 Å². The van der Waals surface area contributed by atoms with Gasteiger partial charge < -0.3 is 9.47 Å². The molecule has 1 aromatic heterocycles. The minimum Gasteiger partial charge on any atom is -0.310 e. The zero-order chi connectivity index (χ0) is 40.4. The number of anilines is 3. The Bertz CT molecular complexity index is 2780. The summed E-state index contributed by atoms with van der Waals surface area (Å²) in [5.74, 6) is 1.38. The first-order valence-corrected chi connectivity index (χ1v) is 22.8. The quantitative estimate of drug-likeness (QED) is 0.156. The van der Waals surface area contributed by atoms with Crippen molar-refractivity contribution < 1.29 is 0 Å². The van der Waals surface area contributed by atoms with E-state index in [0.717, 1.165) is 0 Å². The summed E-state index contributed by atoms with van der Waals surface area (Å²) in [5, 5.41) is 2.59. The van der Waals surface area contributed by atoms with E-state index in [2.05, 4.69) is 182 Å². The molecule has 0 atom stereocenters. The minimum absolute atomic E-state index is 0.0709. The number of fused-ring (bicyclic) bond motifs is 6. The second kappa shape index (κ2) is 15.0. The normalized spacial score (nSPS) is 16.6. The number of nitrogens with zero attached hydrogens (tertiary/aromatic N) is 2. The van der Waals surface area contributed by atoms with Gasteiger partial charge in [-0.3, -0.25) is 0 Å². The van der Waals surface area contributed by atoms with Crippen LogP contribution in [0.4, 0.5) is 17.1 Å². The predicted molar refractivity (Wildman–Crippen MR) is 255 cm³/mol. The highest BCUT2D eigenvalue weighted by Gasteiger charge is 2.36. The van der Waals surface area contributed by atoms with Crippen LogP contribution in [0.15, 0.2) is 152 Å². The Morgan fingerprint density at radius 3 is 1.72 bits per heavy atom. The standard InChI is InChI=1S/C58H56N2/c1-39-21-28-48(29-22-39)60-56-36-45(27-34-51(56)53-37-52-50-19-10-11-20-54(50)58(2,3)55(52)38-57(53)60)44-17-12-18-49(35-44)59(46-30-23-42(24-31-46)40-13-6-4-7-14-40)47-32-25-43(26-33-47)41-15-8-5-9-16-41/h10-12,17-38,40-41H,4-9,13-16H2,1-3H3. The molecular weight excluding hydrogens is 725 g/mol.